The summed E-state index contributed by atoms with van der Waals surface area (Å²) in [6.45, 7) is 0. The summed E-state index contributed by atoms with van der Waals surface area (Å²) in [5, 5.41) is 23.5. The molecular formula is C17H10Cl2N2O4. The molecule has 126 valence electrons. The van der Waals surface area contributed by atoms with Gasteiger partial charge in [0.15, 0.2) is 5.69 Å². The first-order chi connectivity index (χ1) is 11.9. The second kappa shape index (κ2) is 6.58. The predicted octanol–water partition coefficient (Wildman–Crippen LogP) is 4.24. The Balaban J connectivity index is 2.40. The molecule has 1 heterocycles. The lowest BCUT2D eigenvalue weighted by atomic mass is 10.1. The fourth-order valence-corrected chi connectivity index (χ4v) is 3.00. The van der Waals surface area contributed by atoms with Gasteiger partial charge in [0.2, 0.25) is 0 Å². The van der Waals surface area contributed by atoms with Crippen LogP contribution in [-0.4, -0.2) is 31.9 Å². The normalized spacial score (nSPS) is 10.6. The van der Waals surface area contributed by atoms with Gasteiger partial charge in [-0.15, -0.1) is 0 Å². The summed E-state index contributed by atoms with van der Waals surface area (Å²) in [6, 6.07) is 13.1. The zero-order valence-corrected chi connectivity index (χ0v) is 14.0. The number of aromatic nitrogens is 2. The molecule has 0 unspecified atom stereocenters. The monoisotopic (exact) mass is 376 g/mol. The van der Waals surface area contributed by atoms with Gasteiger partial charge in [0.1, 0.15) is 5.56 Å². The van der Waals surface area contributed by atoms with Crippen molar-refractivity contribution in [2.75, 3.05) is 0 Å². The first-order valence-electron chi connectivity index (χ1n) is 7.00. The number of hydrogen-bond acceptors (Lipinski definition) is 3. The molecule has 1 aromatic heterocycles. The first-order valence-corrected chi connectivity index (χ1v) is 7.75. The molecular weight excluding hydrogens is 367 g/mol. The van der Waals surface area contributed by atoms with E-state index >= 15 is 0 Å². The van der Waals surface area contributed by atoms with Crippen LogP contribution in [0, 0.1) is 0 Å². The third kappa shape index (κ3) is 3.22. The zero-order chi connectivity index (χ0) is 18.1. The smallest absolute Gasteiger partial charge is 0.357 e. The minimum atomic E-state index is -1.44. The van der Waals surface area contributed by atoms with E-state index in [2.05, 4.69) is 5.10 Å². The molecule has 3 aromatic rings. The van der Waals surface area contributed by atoms with E-state index in [9.17, 15) is 19.8 Å². The molecule has 0 saturated heterocycles. The minimum absolute atomic E-state index is 0.129. The predicted molar refractivity (Wildman–Crippen MR) is 92.9 cm³/mol. The highest BCUT2D eigenvalue weighted by molar-refractivity contribution is 6.34. The van der Waals surface area contributed by atoms with E-state index in [4.69, 9.17) is 23.2 Å². The summed E-state index contributed by atoms with van der Waals surface area (Å²) in [6.07, 6.45) is 0. The molecule has 0 radical (unpaired) electrons. The highest BCUT2D eigenvalue weighted by Gasteiger charge is 2.29. The number of rotatable bonds is 4. The van der Waals surface area contributed by atoms with Crippen molar-refractivity contribution >= 4 is 35.1 Å². The highest BCUT2D eigenvalue weighted by Crippen LogP contribution is 2.31. The fraction of sp³-hybridized carbons (Fsp3) is 0. The van der Waals surface area contributed by atoms with E-state index in [-0.39, 0.29) is 5.69 Å². The quantitative estimate of drug-likeness (QED) is 0.710. The van der Waals surface area contributed by atoms with Crippen LogP contribution in [0.1, 0.15) is 20.8 Å². The van der Waals surface area contributed by atoms with E-state index in [0.717, 1.165) is 0 Å². The summed E-state index contributed by atoms with van der Waals surface area (Å²) >= 11 is 12.0. The first kappa shape index (κ1) is 17.0. The maximum atomic E-state index is 11.7. The molecule has 2 N–H and O–H groups in total. The molecule has 25 heavy (non-hydrogen) atoms. The molecule has 0 spiro atoms. The molecule has 0 aliphatic heterocycles. The molecule has 0 atom stereocenters. The highest BCUT2D eigenvalue weighted by atomic mass is 35.5. The lowest BCUT2D eigenvalue weighted by Crippen LogP contribution is -2.07. The molecule has 0 fully saturated rings. The molecule has 3 rings (SSSR count). The third-order valence-corrected chi connectivity index (χ3v) is 3.88. The Labute approximate surface area is 151 Å². The van der Waals surface area contributed by atoms with E-state index in [1.807, 2.05) is 0 Å². The van der Waals surface area contributed by atoms with Crippen LogP contribution in [0.15, 0.2) is 48.5 Å². The summed E-state index contributed by atoms with van der Waals surface area (Å²) in [4.78, 5) is 23.2. The summed E-state index contributed by atoms with van der Waals surface area (Å²) in [7, 11) is 0. The van der Waals surface area contributed by atoms with Crippen molar-refractivity contribution in [1.82, 2.24) is 9.78 Å². The molecule has 0 aliphatic rings. The molecule has 0 aliphatic carbocycles. The van der Waals surface area contributed by atoms with Gasteiger partial charge in [-0.05, 0) is 18.2 Å². The largest absolute Gasteiger partial charge is 0.478 e. The number of benzene rings is 2. The van der Waals surface area contributed by atoms with Gasteiger partial charge in [0.25, 0.3) is 0 Å². The van der Waals surface area contributed by atoms with Crippen molar-refractivity contribution in [3.05, 3.63) is 69.8 Å². The van der Waals surface area contributed by atoms with Crippen molar-refractivity contribution in [3.63, 3.8) is 0 Å². The van der Waals surface area contributed by atoms with Crippen LogP contribution in [-0.2, 0) is 0 Å². The summed E-state index contributed by atoms with van der Waals surface area (Å²) < 4.78 is 1.22. The second-order valence-electron chi connectivity index (χ2n) is 5.09. The van der Waals surface area contributed by atoms with Crippen LogP contribution in [0.4, 0.5) is 0 Å². The van der Waals surface area contributed by atoms with Crippen LogP contribution < -0.4 is 0 Å². The van der Waals surface area contributed by atoms with Gasteiger partial charge in [0.05, 0.1) is 11.4 Å². The van der Waals surface area contributed by atoms with Crippen molar-refractivity contribution < 1.29 is 19.8 Å². The van der Waals surface area contributed by atoms with Gasteiger partial charge >= 0.3 is 11.9 Å². The molecule has 6 nitrogen and oxygen atoms in total. The Morgan fingerprint density at radius 3 is 2.04 bits per heavy atom. The minimum Gasteiger partial charge on any atom is -0.478 e. The molecule has 0 bridgehead atoms. The Morgan fingerprint density at radius 2 is 1.52 bits per heavy atom. The van der Waals surface area contributed by atoms with Gasteiger partial charge in [-0.3, -0.25) is 0 Å². The number of carbonyl (C=O) groups is 2. The van der Waals surface area contributed by atoms with Crippen molar-refractivity contribution in [2.24, 2.45) is 0 Å². The maximum absolute atomic E-state index is 11.7. The lowest BCUT2D eigenvalue weighted by Gasteiger charge is -2.09. The fourth-order valence-electron chi connectivity index (χ4n) is 2.48. The summed E-state index contributed by atoms with van der Waals surface area (Å²) in [5.41, 5.74) is 0.00318. The maximum Gasteiger partial charge on any atom is 0.357 e. The molecule has 8 heteroatoms. The SMILES string of the molecule is O=C(O)c1nn(-c2cc(Cl)cc(Cl)c2)c(-c2ccccc2)c1C(=O)O. The van der Waals surface area contributed by atoms with Crippen LogP contribution >= 0.6 is 23.2 Å². The van der Waals surface area contributed by atoms with Gasteiger partial charge in [-0.1, -0.05) is 53.5 Å². The van der Waals surface area contributed by atoms with Gasteiger partial charge in [0, 0.05) is 15.6 Å². The standard InChI is InChI=1S/C17H10Cl2N2O4/c18-10-6-11(19)8-12(7-10)21-15(9-4-2-1-3-5-9)13(16(22)23)14(20-21)17(24)25/h1-8H,(H,22,23)(H,24,25). The van der Waals surface area contributed by atoms with E-state index < -0.39 is 23.2 Å². The zero-order valence-electron chi connectivity index (χ0n) is 12.5. The Morgan fingerprint density at radius 1 is 0.920 bits per heavy atom. The van der Waals surface area contributed by atoms with Crippen LogP contribution in [0.25, 0.3) is 16.9 Å². The van der Waals surface area contributed by atoms with Crippen LogP contribution in [0.3, 0.4) is 0 Å². The second-order valence-corrected chi connectivity index (χ2v) is 5.96. The number of nitrogens with zero attached hydrogens (tertiary/aromatic N) is 2. The molecule has 2 aromatic carbocycles. The molecule has 0 saturated carbocycles. The number of aromatic carboxylic acids is 2. The number of carboxylic acid groups (broad SMARTS) is 2. The molecule has 0 amide bonds. The number of carboxylic acids is 2. The van der Waals surface area contributed by atoms with E-state index in [1.54, 1.807) is 30.3 Å². The topological polar surface area (TPSA) is 92.4 Å². The Bertz CT molecular complexity index is 964. The van der Waals surface area contributed by atoms with E-state index in [1.165, 1.54) is 22.9 Å². The van der Waals surface area contributed by atoms with Gasteiger partial charge in [-0.25, -0.2) is 14.3 Å². The number of hydrogen-bond donors (Lipinski definition) is 2. The number of halogens is 2. The lowest BCUT2D eigenvalue weighted by molar-refractivity contribution is 0.0648. The average molecular weight is 377 g/mol. The van der Waals surface area contributed by atoms with Gasteiger partial charge < -0.3 is 10.2 Å². The van der Waals surface area contributed by atoms with Crippen LogP contribution in [0.2, 0.25) is 10.0 Å². The van der Waals surface area contributed by atoms with Crippen molar-refractivity contribution in [3.8, 4) is 16.9 Å². The van der Waals surface area contributed by atoms with Crippen molar-refractivity contribution in [1.29, 1.82) is 0 Å². The van der Waals surface area contributed by atoms with Crippen molar-refractivity contribution in [2.45, 2.75) is 0 Å². The van der Waals surface area contributed by atoms with E-state index in [0.29, 0.717) is 21.3 Å². The average Bonchev–Trinajstić information content (AvgIpc) is 2.95. The van der Waals surface area contributed by atoms with Crippen LogP contribution in [0.5, 0.6) is 0 Å². The Kier molecular flexibility index (Phi) is 4.48. The summed E-state index contributed by atoms with van der Waals surface area (Å²) in [5.74, 6) is -2.84. The Hall–Kier alpha value is -2.83. The third-order valence-electron chi connectivity index (χ3n) is 3.44. The van der Waals surface area contributed by atoms with Gasteiger partial charge in [-0.2, -0.15) is 5.10 Å².